The predicted molar refractivity (Wildman–Crippen MR) is 220 cm³/mol. The van der Waals surface area contributed by atoms with Crippen LogP contribution in [0.1, 0.15) is 11.1 Å². The molecule has 0 unspecified atom stereocenters. The Morgan fingerprint density at radius 1 is 0.600 bits per heavy atom. The van der Waals surface area contributed by atoms with Gasteiger partial charge in [-0.3, -0.25) is 8.97 Å². The summed E-state index contributed by atoms with van der Waals surface area (Å²) in [5.41, 5.74) is 10.2. The Bertz CT molecular complexity index is 1760. The summed E-state index contributed by atoms with van der Waals surface area (Å²) in [6.07, 6.45) is 0. The molecule has 0 fully saturated rings. The first-order valence-corrected chi connectivity index (χ1v) is 24.9. The normalized spacial score (nSPS) is 11.1. The molecule has 0 aliphatic carbocycles. The number of halogens is 2. The predicted octanol–water partition coefficient (Wildman–Crippen LogP) is 11.6. The Labute approximate surface area is 321 Å². The first-order valence-electron chi connectivity index (χ1n) is 16.6. The van der Waals surface area contributed by atoms with E-state index in [2.05, 4.69) is 164 Å². The number of fused-ring (bicyclic) bond motifs is 2. The maximum absolute atomic E-state index is 5.31. The molecule has 50 heavy (non-hydrogen) atoms. The molecule has 262 valence electrons. The molecule has 0 N–H and O–H groups in total. The van der Waals surface area contributed by atoms with E-state index >= 15 is 0 Å². The van der Waals surface area contributed by atoms with Crippen LogP contribution in [-0.4, -0.2) is 65.4 Å². The van der Waals surface area contributed by atoms with Crippen molar-refractivity contribution in [2.24, 2.45) is 0 Å². The average molecular weight is 807 g/mol. The van der Waals surface area contributed by atoms with Crippen molar-refractivity contribution in [3.8, 4) is 22.3 Å². The summed E-state index contributed by atoms with van der Waals surface area (Å²) in [7, 11) is 23.0. The monoisotopic (exact) mass is 804 g/mol. The average Bonchev–Trinajstić information content (AvgIpc) is 3.66. The van der Waals surface area contributed by atoms with Crippen LogP contribution in [0.5, 0.6) is 0 Å². The fourth-order valence-corrected chi connectivity index (χ4v) is 6.16. The van der Waals surface area contributed by atoms with Crippen LogP contribution >= 0.6 is 17.0 Å². The summed E-state index contributed by atoms with van der Waals surface area (Å²) in [5, 5.41) is 5.29. The van der Waals surface area contributed by atoms with Gasteiger partial charge >= 0.3 is 37.9 Å². The summed E-state index contributed by atoms with van der Waals surface area (Å²) in [4.78, 5) is 0. The van der Waals surface area contributed by atoms with E-state index in [0.29, 0.717) is 13.5 Å². The second-order valence-electron chi connectivity index (χ2n) is 13.6. The molecule has 0 amide bonds. The maximum atomic E-state index is 5.31. The van der Waals surface area contributed by atoms with E-state index in [-0.39, 0.29) is 0 Å². The van der Waals surface area contributed by atoms with Gasteiger partial charge in [0, 0.05) is 23.7 Å². The molecule has 0 saturated heterocycles. The molecular weight excluding hydrogens is 755 g/mol. The molecule has 0 heterocycles. The number of hydrogen-bond donors (Lipinski definition) is 0. The summed E-state index contributed by atoms with van der Waals surface area (Å²) < 4.78 is 12.1. The number of rotatable bonds is 8. The number of hydrogen-bond acceptors (Lipinski definition) is 2. The second-order valence-corrected chi connectivity index (χ2v) is 18.3. The fraction of sp³-hybridized carbons (Fsp3) is 0.286. The van der Waals surface area contributed by atoms with Crippen molar-refractivity contribution in [1.82, 2.24) is 8.97 Å². The molecule has 6 aromatic carbocycles. The second kappa shape index (κ2) is 20.0. The Kier molecular flexibility index (Phi) is 16.8. The minimum atomic E-state index is -0.826. The van der Waals surface area contributed by atoms with Crippen molar-refractivity contribution >= 4 is 59.5 Å². The van der Waals surface area contributed by atoms with Crippen molar-refractivity contribution < 1.29 is 30.3 Å². The van der Waals surface area contributed by atoms with Crippen molar-refractivity contribution in [2.45, 2.75) is 26.9 Å². The van der Waals surface area contributed by atoms with Gasteiger partial charge in [0.2, 0.25) is 0 Å². The van der Waals surface area contributed by atoms with Gasteiger partial charge in [0.25, 0.3) is 0 Å². The molecule has 8 heteroatoms. The van der Waals surface area contributed by atoms with E-state index in [9.17, 15) is 0 Å². The molecule has 2 radical (unpaired) electrons. The summed E-state index contributed by atoms with van der Waals surface area (Å²) >= 11 is -0.826. The van der Waals surface area contributed by atoms with E-state index in [1.165, 1.54) is 66.3 Å². The fourth-order valence-electron chi connectivity index (χ4n) is 6.16. The van der Waals surface area contributed by atoms with Crippen LogP contribution in [0.25, 0.3) is 43.8 Å². The summed E-state index contributed by atoms with van der Waals surface area (Å²) in [5.74, 6) is 0. The molecule has 0 atom stereocenters. The number of methoxy groups -OCH3 is 2. The SMILES string of the molecule is COC[N+](C)(C)c1ccc(-c2cccc3[cH-]c(C)cc23)cc1.COC[N+](C)(C)c1ccc(-c2cccc3[cH-]c(C)cc23)cc1.C[Si]C.[Cl][Zr+2][Cl]. The molecule has 0 aliphatic heterocycles. The number of benzene rings is 4. The van der Waals surface area contributed by atoms with E-state index in [4.69, 9.17) is 26.5 Å². The third-order valence-corrected chi connectivity index (χ3v) is 8.45. The number of aryl methyl sites for hydroxylation is 2. The van der Waals surface area contributed by atoms with Crippen LogP contribution < -0.4 is 8.97 Å². The van der Waals surface area contributed by atoms with Gasteiger partial charge in [0.05, 0.1) is 28.2 Å². The van der Waals surface area contributed by atoms with Crippen LogP contribution in [-0.2, 0) is 30.3 Å². The van der Waals surface area contributed by atoms with Crippen molar-refractivity contribution in [1.29, 1.82) is 0 Å². The Morgan fingerprint density at radius 3 is 1.22 bits per heavy atom. The van der Waals surface area contributed by atoms with Gasteiger partial charge in [0.15, 0.2) is 13.5 Å². The van der Waals surface area contributed by atoms with Crippen LogP contribution in [0.2, 0.25) is 13.1 Å². The molecule has 0 aliphatic rings. The first-order chi connectivity index (χ1) is 23.8. The molecular formula is C42H52Cl2N2O2SiZr+2. The third-order valence-electron chi connectivity index (χ3n) is 8.45. The molecule has 0 bridgehead atoms. The minimum absolute atomic E-state index is 0.664. The number of quaternary nitrogens is 2. The number of nitrogens with zero attached hydrogens (tertiary/aromatic N) is 2. The van der Waals surface area contributed by atoms with Crippen LogP contribution in [0.3, 0.4) is 0 Å². The molecule has 6 rings (SSSR count). The first kappa shape index (κ1) is 42.0. The quantitative estimate of drug-likeness (QED) is 0.0660. The number of ether oxygens (including phenoxy) is 2. The summed E-state index contributed by atoms with van der Waals surface area (Å²) in [6.45, 7) is 9.93. The van der Waals surface area contributed by atoms with E-state index in [0.717, 1.165) is 18.5 Å². The summed E-state index contributed by atoms with van der Waals surface area (Å²) in [6, 6.07) is 39.7. The Hall–Kier alpha value is -2.38. The van der Waals surface area contributed by atoms with Crippen LogP contribution in [0.4, 0.5) is 11.4 Å². The van der Waals surface area contributed by atoms with Crippen molar-refractivity contribution in [3.05, 3.63) is 120 Å². The van der Waals surface area contributed by atoms with Crippen LogP contribution in [0.15, 0.2) is 109 Å². The van der Waals surface area contributed by atoms with Gasteiger partial charge in [-0.2, -0.15) is 12.1 Å². The zero-order valence-electron chi connectivity index (χ0n) is 31.3. The van der Waals surface area contributed by atoms with Gasteiger partial charge in [-0.05, 0) is 59.7 Å². The van der Waals surface area contributed by atoms with Gasteiger partial charge in [-0.15, -0.1) is 69.1 Å². The van der Waals surface area contributed by atoms with E-state index < -0.39 is 20.8 Å². The molecule has 0 saturated carbocycles. The zero-order chi connectivity index (χ0) is 36.9. The molecule has 0 spiro atoms. The van der Waals surface area contributed by atoms with Crippen molar-refractivity contribution in [2.75, 3.05) is 55.9 Å². The molecule has 0 aromatic heterocycles. The van der Waals surface area contributed by atoms with Crippen LogP contribution in [0, 0.1) is 13.8 Å². The van der Waals surface area contributed by atoms with Gasteiger partial charge in [-0.1, -0.05) is 50.2 Å². The van der Waals surface area contributed by atoms with Crippen molar-refractivity contribution in [3.63, 3.8) is 0 Å². The zero-order valence-corrected chi connectivity index (χ0v) is 36.2. The van der Waals surface area contributed by atoms with Gasteiger partial charge < -0.3 is 9.47 Å². The standard InChI is InChI=1S/2C20H23NO.C2H6Si.2ClH.Zr/c2*1-15-12-17-6-5-7-19(20(17)13-15)16-8-10-18(11-9-16)21(2,3)14-22-4;1-3-2;;;/h2*5-13H,14H2,1-4H3;1-2H3;2*1H;/q;;;;;+4/p-2. The Morgan fingerprint density at radius 2 is 0.920 bits per heavy atom. The Balaban J connectivity index is 0.000000234. The topological polar surface area (TPSA) is 18.5 Å². The van der Waals surface area contributed by atoms with Gasteiger partial charge in [-0.25, -0.2) is 0 Å². The molecule has 4 nitrogen and oxygen atoms in total. The molecule has 6 aromatic rings. The third kappa shape index (κ3) is 11.3. The van der Waals surface area contributed by atoms with E-state index in [1.54, 1.807) is 14.2 Å². The van der Waals surface area contributed by atoms with Gasteiger partial charge in [0.1, 0.15) is 11.4 Å². The van der Waals surface area contributed by atoms with E-state index in [1.807, 2.05) is 0 Å².